The van der Waals surface area contributed by atoms with Gasteiger partial charge in [-0.1, -0.05) is 0 Å². The number of aromatic nitrogens is 3. The highest BCUT2D eigenvalue weighted by atomic mass is 32.1. The van der Waals surface area contributed by atoms with Crippen molar-refractivity contribution in [2.45, 2.75) is 64.6 Å². The molecule has 4 heterocycles. The molecule has 1 N–H and O–H groups in total. The van der Waals surface area contributed by atoms with Crippen LogP contribution in [0.4, 0.5) is 0 Å². The number of nitrogens with zero attached hydrogens (tertiary/aromatic N) is 5. The monoisotopic (exact) mass is 457 g/mol. The largest absolute Gasteiger partial charge is 0.393 e. The molecule has 2 aliphatic heterocycles. The van der Waals surface area contributed by atoms with Gasteiger partial charge < -0.3 is 19.5 Å². The van der Waals surface area contributed by atoms with Crippen LogP contribution in [0.15, 0.2) is 17.9 Å². The average Bonchev–Trinajstić information content (AvgIpc) is 3.50. The molecule has 0 bridgehead atoms. The van der Waals surface area contributed by atoms with Crippen molar-refractivity contribution in [2.24, 2.45) is 11.3 Å². The third-order valence-electron chi connectivity index (χ3n) is 7.45. The fourth-order valence-electron chi connectivity index (χ4n) is 5.47. The molecule has 2 saturated heterocycles. The molecule has 8 nitrogen and oxygen atoms in total. The van der Waals surface area contributed by atoms with Gasteiger partial charge in [0.2, 0.25) is 11.8 Å². The zero-order valence-electron chi connectivity index (χ0n) is 18.9. The number of carbonyl (C=O) groups excluding carboxylic acids is 2. The van der Waals surface area contributed by atoms with Crippen LogP contribution >= 0.6 is 11.3 Å². The second kappa shape index (κ2) is 7.95. The van der Waals surface area contributed by atoms with Gasteiger partial charge in [-0.25, -0.2) is 9.97 Å². The van der Waals surface area contributed by atoms with E-state index in [2.05, 4.69) is 28.4 Å². The third kappa shape index (κ3) is 3.55. The number of aliphatic hydroxyl groups excluding tert-OH is 1. The minimum atomic E-state index is -0.640. The average molecular weight is 458 g/mol. The van der Waals surface area contributed by atoms with Crippen LogP contribution in [-0.2, 0) is 16.1 Å². The summed E-state index contributed by atoms with van der Waals surface area (Å²) in [4.78, 5) is 39.9. The molecule has 1 saturated carbocycles. The van der Waals surface area contributed by atoms with Gasteiger partial charge in [0, 0.05) is 49.1 Å². The molecule has 2 atom stereocenters. The van der Waals surface area contributed by atoms with Crippen LogP contribution in [0.25, 0.3) is 0 Å². The van der Waals surface area contributed by atoms with Crippen LogP contribution in [0.1, 0.15) is 61.5 Å². The SMILES string of the molecule is Cc1nc(CN2CC[C@@]3(CN(C(=O)C4CC(O)C4)C[C@H]3c3cn(C(C)C)cn3)C2=O)cs1. The lowest BCUT2D eigenvalue weighted by molar-refractivity contribution is -0.142. The quantitative estimate of drug-likeness (QED) is 0.744. The van der Waals surface area contributed by atoms with Gasteiger partial charge in [0.15, 0.2) is 0 Å². The highest BCUT2D eigenvalue weighted by Crippen LogP contribution is 2.50. The van der Waals surface area contributed by atoms with Gasteiger partial charge in [-0.15, -0.1) is 11.3 Å². The summed E-state index contributed by atoms with van der Waals surface area (Å²) in [6.07, 6.45) is 5.26. The number of rotatable bonds is 5. The minimum Gasteiger partial charge on any atom is -0.393 e. The van der Waals surface area contributed by atoms with E-state index in [0.717, 1.165) is 16.4 Å². The highest BCUT2D eigenvalue weighted by molar-refractivity contribution is 7.09. The molecule has 0 aromatic carbocycles. The lowest BCUT2D eigenvalue weighted by Crippen LogP contribution is -2.44. The Balaban J connectivity index is 1.42. The molecule has 3 aliphatic rings. The van der Waals surface area contributed by atoms with Gasteiger partial charge in [0.05, 0.1) is 40.8 Å². The molecule has 5 rings (SSSR count). The normalized spacial score (nSPS) is 30.0. The maximum atomic E-state index is 13.8. The molecular formula is C23H31N5O3S. The summed E-state index contributed by atoms with van der Waals surface area (Å²) >= 11 is 1.60. The first-order valence-electron chi connectivity index (χ1n) is 11.5. The molecule has 1 spiro atoms. The summed E-state index contributed by atoms with van der Waals surface area (Å²) in [5, 5.41) is 12.7. The Hall–Kier alpha value is -2.26. The van der Waals surface area contributed by atoms with Crippen LogP contribution in [0.3, 0.4) is 0 Å². The molecular weight excluding hydrogens is 426 g/mol. The van der Waals surface area contributed by atoms with E-state index in [-0.39, 0.29) is 35.8 Å². The van der Waals surface area contributed by atoms with E-state index >= 15 is 0 Å². The Morgan fingerprint density at radius 1 is 1.38 bits per heavy atom. The van der Waals surface area contributed by atoms with Crippen molar-refractivity contribution in [3.63, 3.8) is 0 Å². The summed E-state index contributed by atoms with van der Waals surface area (Å²) in [5.74, 6) is -0.0660. The number of imidazole rings is 1. The molecule has 3 fully saturated rings. The Morgan fingerprint density at radius 2 is 2.16 bits per heavy atom. The third-order valence-corrected chi connectivity index (χ3v) is 8.27. The number of hydrogen-bond donors (Lipinski definition) is 1. The van der Waals surface area contributed by atoms with Crippen molar-refractivity contribution in [3.05, 3.63) is 34.3 Å². The summed E-state index contributed by atoms with van der Waals surface area (Å²) in [7, 11) is 0. The molecule has 9 heteroatoms. The molecule has 0 radical (unpaired) electrons. The number of hydrogen-bond acceptors (Lipinski definition) is 6. The summed E-state index contributed by atoms with van der Waals surface area (Å²) < 4.78 is 2.06. The lowest BCUT2D eigenvalue weighted by Gasteiger charge is -2.33. The van der Waals surface area contributed by atoms with E-state index < -0.39 is 5.41 Å². The second-order valence-electron chi connectivity index (χ2n) is 9.92. The number of aryl methyl sites for hydroxylation is 1. The van der Waals surface area contributed by atoms with Gasteiger partial charge in [0.25, 0.3) is 0 Å². The first-order valence-corrected chi connectivity index (χ1v) is 12.4. The molecule has 32 heavy (non-hydrogen) atoms. The number of likely N-dealkylation sites (tertiary alicyclic amines) is 2. The van der Waals surface area contributed by atoms with Crippen molar-refractivity contribution in [1.82, 2.24) is 24.3 Å². The van der Waals surface area contributed by atoms with Crippen LogP contribution in [0.5, 0.6) is 0 Å². The Morgan fingerprint density at radius 3 is 2.78 bits per heavy atom. The summed E-state index contributed by atoms with van der Waals surface area (Å²) in [6, 6.07) is 0.284. The maximum Gasteiger partial charge on any atom is 0.231 e. The van der Waals surface area contributed by atoms with E-state index in [4.69, 9.17) is 0 Å². The van der Waals surface area contributed by atoms with Crippen molar-refractivity contribution < 1.29 is 14.7 Å². The van der Waals surface area contributed by atoms with E-state index in [1.807, 2.05) is 34.6 Å². The Bertz CT molecular complexity index is 1030. The predicted octanol–water partition coefficient (Wildman–Crippen LogP) is 2.34. The van der Waals surface area contributed by atoms with Crippen LogP contribution in [0.2, 0.25) is 0 Å². The number of aliphatic hydroxyl groups is 1. The topological polar surface area (TPSA) is 91.6 Å². The zero-order valence-corrected chi connectivity index (χ0v) is 19.7. The van der Waals surface area contributed by atoms with E-state index in [1.54, 1.807) is 11.3 Å². The number of amides is 2. The summed E-state index contributed by atoms with van der Waals surface area (Å²) in [5.41, 5.74) is 1.18. The van der Waals surface area contributed by atoms with E-state index in [0.29, 0.717) is 45.4 Å². The van der Waals surface area contributed by atoms with Gasteiger partial charge >= 0.3 is 0 Å². The zero-order chi connectivity index (χ0) is 22.6. The molecule has 2 aromatic rings. The van der Waals surface area contributed by atoms with Crippen molar-refractivity contribution >= 4 is 23.2 Å². The van der Waals surface area contributed by atoms with E-state index in [9.17, 15) is 14.7 Å². The summed E-state index contributed by atoms with van der Waals surface area (Å²) in [6.45, 7) is 8.30. The van der Waals surface area contributed by atoms with Gasteiger partial charge in [0.1, 0.15) is 0 Å². The molecule has 172 valence electrons. The Kier molecular flexibility index (Phi) is 5.36. The van der Waals surface area contributed by atoms with Crippen LogP contribution in [-0.4, -0.2) is 67.0 Å². The number of thiazole rings is 1. The lowest BCUT2D eigenvalue weighted by atomic mass is 9.75. The molecule has 0 unspecified atom stereocenters. The van der Waals surface area contributed by atoms with Crippen molar-refractivity contribution in [2.75, 3.05) is 19.6 Å². The molecule has 2 aromatic heterocycles. The highest BCUT2D eigenvalue weighted by Gasteiger charge is 2.59. The van der Waals surface area contributed by atoms with Gasteiger partial charge in [-0.3, -0.25) is 9.59 Å². The fraction of sp³-hybridized carbons (Fsp3) is 0.652. The maximum absolute atomic E-state index is 13.8. The minimum absolute atomic E-state index is 0.0712. The first-order chi connectivity index (χ1) is 15.3. The standard InChI is InChI=1S/C23H31N5O3S/c1-14(2)28-10-20(24-13-28)19-9-27(21(30)16-6-18(29)7-16)12-23(19)4-5-26(22(23)31)8-17-11-32-15(3)25-17/h10-11,13-14,16,18-19,29H,4-9,12H2,1-3H3/t16?,18?,19-,23-/m0/s1. The van der Waals surface area contributed by atoms with Crippen molar-refractivity contribution in [3.8, 4) is 0 Å². The fourth-order valence-corrected chi connectivity index (χ4v) is 6.08. The van der Waals surface area contributed by atoms with E-state index in [1.165, 1.54) is 0 Å². The first kappa shape index (κ1) is 21.6. The van der Waals surface area contributed by atoms with Gasteiger partial charge in [-0.2, -0.15) is 0 Å². The molecule has 1 aliphatic carbocycles. The second-order valence-corrected chi connectivity index (χ2v) is 11.0. The Labute approximate surface area is 192 Å². The number of carbonyl (C=O) groups is 2. The van der Waals surface area contributed by atoms with Gasteiger partial charge in [-0.05, 0) is 40.0 Å². The van der Waals surface area contributed by atoms with Crippen molar-refractivity contribution in [1.29, 1.82) is 0 Å². The van der Waals surface area contributed by atoms with Crippen LogP contribution < -0.4 is 0 Å². The van der Waals surface area contributed by atoms with Crippen LogP contribution in [0, 0.1) is 18.3 Å². The molecule has 2 amide bonds. The smallest absolute Gasteiger partial charge is 0.231 e. The predicted molar refractivity (Wildman–Crippen MR) is 120 cm³/mol.